The zero-order valence-corrected chi connectivity index (χ0v) is 16.4. The number of anilines is 1. The van der Waals surface area contributed by atoms with E-state index in [9.17, 15) is 4.79 Å². The van der Waals surface area contributed by atoms with Crippen molar-refractivity contribution in [1.82, 2.24) is 4.98 Å². The van der Waals surface area contributed by atoms with Crippen molar-refractivity contribution in [2.45, 2.75) is 6.61 Å². The highest BCUT2D eigenvalue weighted by molar-refractivity contribution is 7.13. The normalized spacial score (nSPS) is 10.5. The standard InChI is InChI=1S/C22H18N2O4S/c1-26-19-6-3-2-5-18(19)21(25)23-15-8-10-17(11-9-15)27-13-16-14-28-22(24-16)20-7-4-12-29-20/h2-12,14H,13H2,1H3,(H,23,25). The van der Waals surface area contributed by atoms with E-state index in [1.165, 1.54) is 7.11 Å². The zero-order chi connectivity index (χ0) is 20.1. The molecule has 0 spiro atoms. The minimum Gasteiger partial charge on any atom is -0.496 e. The van der Waals surface area contributed by atoms with Gasteiger partial charge in [-0.2, -0.15) is 0 Å². The lowest BCUT2D eigenvalue weighted by Gasteiger charge is -2.10. The molecule has 2 aromatic heterocycles. The van der Waals surface area contributed by atoms with Crippen LogP contribution in [0, 0.1) is 0 Å². The first-order valence-electron chi connectivity index (χ1n) is 8.88. The van der Waals surface area contributed by atoms with E-state index in [1.54, 1.807) is 60.1 Å². The van der Waals surface area contributed by atoms with Crippen LogP contribution in [0.25, 0.3) is 10.8 Å². The summed E-state index contributed by atoms with van der Waals surface area (Å²) in [7, 11) is 1.54. The lowest BCUT2D eigenvalue weighted by molar-refractivity contribution is 0.102. The molecule has 2 heterocycles. The number of carbonyl (C=O) groups excluding carboxylic acids is 1. The van der Waals surface area contributed by atoms with Crippen LogP contribution in [0.5, 0.6) is 11.5 Å². The molecule has 0 unspecified atom stereocenters. The lowest BCUT2D eigenvalue weighted by Crippen LogP contribution is -2.13. The highest BCUT2D eigenvalue weighted by atomic mass is 32.1. The molecule has 1 amide bonds. The van der Waals surface area contributed by atoms with Gasteiger partial charge in [-0.15, -0.1) is 11.3 Å². The second-order valence-corrected chi connectivity index (χ2v) is 7.04. The Morgan fingerprint density at radius 1 is 1.10 bits per heavy atom. The van der Waals surface area contributed by atoms with Gasteiger partial charge in [0.1, 0.15) is 30.1 Å². The van der Waals surface area contributed by atoms with E-state index < -0.39 is 0 Å². The van der Waals surface area contributed by atoms with Crippen LogP contribution >= 0.6 is 11.3 Å². The first-order valence-corrected chi connectivity index (χ1v) is 9.76. The molecule has 0 saturated carbocycles. The number of rotatable bonds is 7. The van der Waals surface area contributed by atoms with Crippen molar-refractivity contribution in [1.29, 1.82) is 0 Å². The van der Waals surface area contributed by atoms with Gasteiger partial charge < -0.3 is 19.2 Å². The molecule has 4 aromatic rings. The highest BCUT2D eigenvalue weighted by Gasteiger charge is 2.12. The summed E-state index contributed by atoms with van der Waals surface area (Å²) in [4.78, 5) is 17.9. The minimum atomic E-state index is -0.236. The van der Waals surface area contributed by atoms with Crippen molar-refractivity contribution in [3.8, 4) is 22.3 Å². The molecule has 0 bridgehead atoms. The lowest BCUT2D eigenvalue weighted by atomic mass is 10.2. The molecular formula is C22H18N2O4S. The number of oxazole rings is 1. The Balaban J connectivity index is 1.35. The first kappa shape index (κ1) is 18.8. The number of methoxy groups -OCH3 is 1. The SMILES string of the molecule is COc1ccccc1C(=O)Nc1ccc(OCc2coc(-c3cccs3)n2)cc1. The maximum absolute atomic E-state index is 12.4. The fourth-order valence-electron chi connectivity index (χ4n) is 2.71. The smallest absolute Gasteiger partial charge is 0.259 e. The molecule has 0 atom stereocenters. The quantitative estimate of drug-likeness (QED) is 0.454. The summed E-state index contributed by atoms with van der Waals surface area (Å²) >= 11 is 1.57. The number of hydrogen-bond donors (Lipinski definition) is 1. The fraction of sp³-hybridized carbons (Fsp3) is 0.0909. The third kappa shape index (κ3) is 4.47. The molecule has 1 N–H and O–H groups in total. The van der Waals surface area contributed by atoms with Crippen molar-refractivity contribution >= 4 is 22.9 Å². The van der Waals surface area contributed by atoms with Crippen LogP contribution in [0.4, 0.5) is 5.69 Å². The van der Waals surface area contributed by atoms with E-state index in [0.717, 1.165) is 4.88 Å². The van der Waals surface area contributed by atoms with Gasteiger partial charge in [0.25, 0.3) is 5.91 Å². The third-order valence-electron chi connectivity index (χ3n) is 4.13. The molecule has 0 radical (unpaired) electrons. The number of hydrogen-bond acceptors (Lipinski definition) is 6. The predicted octanol–water partition coefficient (Wildman–Crippen LogP) is 5.24. The molecule has 2 aromatic carbocycles. The minimum absolute atomic E-state index is 0.236. The van der Waals surface area contributed by atoms with Gasteiger partial charge in [-0.1, -0.05) is 18.2 Å². The van der Waals surface area contributed by atoms with E-state index in [2.05, 4.69) is 10.3 Å². The summed E-state index contributed by atoms with van der Waals surface area (Å²) in [6.07, 6.45) is 1.59. The molecule has 4 rings (SSSR count). The number of nitrogens with one attached hydrogen (secondary N) is 1. The molecule has 29 heavy (non-hydrogen) atoms. The van der Waals surface area contributed by atoms with E-state index in [1.807, 2.05) is 23.6 Å². The van der Waals surface area contributed by atoms with Gasteiger partial charge in [-0.05, 0) is 47.8 Å². The van der Waals surface area contributed by atoms with E-state index in [4.69, 9.17) is 13.9 Å². The number of carbonyl (C=O) groups is 1. The average Bonchev–Trinajstić information content (AvgIpc) is 3.45. The van der Waals surface area contributed by atoms with Crippen LogP contribution in [-0.4, -0.2) is 18.0 Å². The molecule has 0 aliphatic heterocycles. The largest absolute Gasteiger partial charge is 0.496 e. The number of thiophene rings is 1. The number of nitrogens with zero attached hydrogens (tertiary/aromatic N) is 1. The topological polar surface area (TPSA) is 73.6 Å². The second-order valence-electron chi connectivity index (χ2n) is 6.09. The fourth-order valence-corrected chi connectivity index (χ4v) is 3.36. The van der Waals surface area contributed by atoms with E-state index in [0.29, 0.717) is 40.9 Å². The second kappa shape index (κ2) is 8.62. The maximum atomic E-state index is 12.4. The number of benzene rings is 2. The highest BCUT2D eigenvalue weighted by Crippen LogP contribution is 2.25. The Morgan fingerprint density at radius 2 is 1.93 bits per heavy atom. The number of ether oxygens (including phenoxy) is 2. The van der Waals surface area contributed by atoms with Crippen molar-refractivity contribution in [2.24, 2.45) is 0 Å². The predicted molar refractivity (Wildman–Crippen MR) is 112 cm³/mol. The van der Waals surface area contributed by atoms with Crippen LogP contribution in [0.2, 0.25) is 0 Å². The molecule has 0 fully saturated rings. The zero-order valence-electron chi connectivity index (χ0n) is 15.6. The summed E-state index contributed by atoms with van der Waals surface area (Å²) in [6, 6.07) is 18.1. The summed E-state index contributed by atoms with van der Waals surface area (Å²) < 4.78 is 16.5. The Hall–Kier alpha value is -3.58. The summed E-state index contributed by atoms with van der Waals surface area (Å²) in [5.41, 5.74) is 1.85. The number of para-hydroxylation sites is 1. The van der Waals surface area contributed by atoms with Gasteiger partial charge in [0.2, 0.25) is 5.89 Å². The van der Waals surface area contributed by atoms with Crippen LogP contribution in [0.15, 0.2) is 76.7 Å². The Kier molecular flexibility index (Phi) is 5.58. The molecular weight excluding hydrogens is 388 g/mol. The Bertz CT molecular complexity index is 1090. The molecule has 6 nitrogen and oxygen atoms in total. The molecule has 146 valence electrons. The van der Waals surface area contributed by atoms with Crippen LogP contribution < -0.4 is 14.8 Å². The van der Waals surface area contributed by atoms with Crippen molar-refractivity contribution < 1.29 is 18.7 Å². The molecule has 0 aliphatic rings. The van der Waals surface area contributed by atoms with E-state index >= 15 is 0 Å². The van der Waals surface area contributed by atoms with Crippen molar-refractivity contribution in [3.05, 3.63) is 83.6 Å². The average molecular weight is 406 g/mol. The van der Waals surface area contributed by atoms with Gasteiger partial charge in [-0.3, -0.25) is 4.79 Å². The van der Waals surface area contributed by atoms with Gasteiger partial charge >= 0.3 is 0 Å². The van der Waals surface area contributed by atoms with Gasteiger partial charge in [0, 0.05) is 5.69 Å². The molecule has 0 saturated heterocycles. The summed E-state index contributed by atoms with van der Waals surface area (Å²) in [6.45, 7) is 0.293. The first-order chi connectivity index (χ1) is 14.2. The van der Waals surface area contributed by atoms with Crippen LogP contribution in [-0.2, 0) is 6.61 Å². The summed E-state index contributed by atoms with van der Waals surface area (Å²) in [5.74, 6) is 1.55. The van der Waals surface area contributed by atoms with Crippen molar-refractivity contribution in [3.63, 3.8) is 0 Å². The Labute approximate surface area is 171 Å². The van der Waals surface area contributed by atoms with E-state index in [-0.39, 0.29) is 5.91 Å². The molecule has 7 heteroatoms. The monoisotopic (exact) mass is 406 g/mol. The van der Waals surface area contributed by atoms with Crippen LogP contribution in [0.1, 0.15) is 16.1 Å². The van der Waals surface area contributed by atoms with Gasteiger partial charge in [-0.25, -0.2) is 4.98 Å². The number of amides is 1. The van der Waals surface area contributed by atoms with Crippen molar-refractivity contribution in [2.75, 3.05) is 12.4 Å². The number of aromatic nitrogens is 1. The van der Waals surface area contributed by atoms with Gasteiger partial charge in [0.05, 0.1) is 17.6 Å². The maximum Gasteiger partial charge on any atom is 0.259 e. The van der Waals surface area contributed by atoms with Gasteiger partial charge in [0.15, 0.2) is 0 Å². The Morgan fingerprint density at radius 3 is 2.69 bits per heavy atom. The third-order valence-corrected chi connectivity index (χ3v) is 4.99. The van der Waals surface area contributed by atoms with Crippen LogP contribution in [0.3, 0.4) is 0 Å². The molecule has 0 aliphatic carbocycles. The summed E-state index contributed by atoms with van der Waals surface area (Å²) in [5, 5.41) is 4.83.